The van der Waals surface area contributed by atoms with E-state index >= 15 is 0 Å². The van der Waals surface area contributed by atoms with Gasteiger partial charge in [-0.1, -0.05) is 83.7 Å². The minimum absolute atomic E-state index is 0.0140. The van der Waals surface area contributed by atoms with E-state index in [1.165, 1.54) is 42.3 Å². The van der Waals surface area contributed by atoms with Gasteiger partial charge in [-0.2, -0.15) is 0 Å². The van der Waals surface area contributed by atoms with Crippen molar-refractivity contribution in [1.82, 2.24) is 10.2 Å². The van der Waals surface area contributed by atoms with E-state index in [1.54, 1.807) is 43.3 Å². The Labute approximate surface area is 242 Å². The minimum atomic E-state index is -4.28. The number of hydrogen-bond acceptors (Lipinski definition) is 4. The van der Waals surface area contributed by atoms with Gasteiger partial charge in [0.15, 0.2) is 0 Å². The summed E-state index contributed by atoms with van der Waals surface area (Å²) >= 11 is 25.4. The summed E-state index contributed by atoms with van der Waals surface area (Å²) in [5.41, 5.74) is 0.435. The maximum atomic E-state index is 13.9. The molecule has 0 saturated heterocycles. The van der Waals surface area contributed by atoms with E-state index in [2.05, 4.69) is 5.32 Å². The molecule has 202 valence electrons. The number of nitrogens with zero attached hydrogens (tertiary/aromatic N) is 2. The average molecular weight is 617 g/mol. The van der Waals surface area contributed by atoms with Crippen LogP contribution in [0.1, 0.15) is 18.9 Å². The fourth-order valence-electron chi connectivity index (χ4n) is 3.86. The zero-order valence-corrected chi connectivity index (χ0v) is 24.3. The number of amides is 2. The molecule has 1 N–H and O–H groups in total. The normalized spacial score (nSPS) is 12.1. The van der Waals surface area contributed by atoms with Crippen molar-refractivity contribution < 1.29 is 18.0 Å². The van der Waals surface area contributed by atoms with Gasteiger partial charge in [0.25, 0.3) is 10.0 Å². The number of likely N-dealkylation sites (N-methyl/N-ethyl adjacent to an activating group) is 1. The van der Waals surface area contributed by atoms with Crippen molar-refractivity contribution >= 4 is 73.9 Å². The largest absolute Gasteiger partial charge is 0.357 e. The second-order valence-corrected chi connectivity index (χ2v) is 11.6. The van der Waals surface area contributed by atoms with E-state index < -0.39 is 34.4 Å². The molecule has 3 aromatic rings. The number of nitrogens with one attached hydrogen (secondary N) is 1. The average Bonchev–Trinajstić information content (AvgIpc) is 2.90. The summed E-state index contributed by atoms with van der Waals surface area (Å²) in [5.74, 6) is -1.10. The van der Waals surface area contributed by atoms with Gasteiger partial charge in [0, 0.05) is 29.2 Å². The lowest BCUT2D eigenvalue weighted by Gasteiger charge is -2.33. The molecule has 3 rings (SSSR count). The van der Waals surface area contributed by atoms with E-state index in [4.69, 9.17) is 46.4 Å². The summed E-state index contributed by atoms with van der Waals surface area (Å²) in [6, 6.07) is 16.1. The van der Waals surface area contributed by atoms with Gasteiger partial charge in [0.2, 0.25) is 11.8 Å². The first-order valence-electron chi connectivity index (χ1n) is 11.5. The Balaban J connectivity index is 2.13. The molecule has 0 heterocycles. The van der Waals surface area contributed by atoms with E-state index in [0.29, 0.717) is 15.6 Å². The van der Waals surface area contributed by atoms with Gasteiger partial charge in [-0.15, -0.1) is 0 Å². The molecule has 7 nitrogen and oxygen atoms in total. The first kappa shape index (κ1) is 30.1. The van der Waals surface area contributed by atoms with Crippen molar-refractivity contribution in [2.75, 3.05) is 17.9 Å². The summed E-state index contributed by atoms with van der Waals surface area (Å²) in [4.78, 5) is 27.9. The van der Waals surface area contributed by atoms with Gasteiger partial charge in [-0.25, -0.2) is 8.42 Å². The van der Waals surface area contributed by atoms with Crippen molar-refractivity contribution in [2.45, 2.75) is 30.8 Å². The molecule has 0 aliphatic rings. The minimum Gasteiger partial charge on any atom is -0.357 e. The number of sulfonamides is 1. The predicted octanol–water partition coefficient (Wildman–Crippen LogP) is 6.05. The van der Waals surface area contributed by atoms with Crippen LogP contribution in [0, 0.1) is 0 Å². The maximum absolute atomic E-state index is 13.9. The Morgan fingerprint density at radius 2 is 1.45 bits per heavy atom. The number of anilines is 1. The molecule has 0 bridgehead atoms. The first-order chi connectivity index (χ1) is 18.0. The molecule has 0 spiro atoms. The lowest BCUT2D eigenvalue weighted by Crippen LogP contribution is -2.51. The first-order valence-corrected chi connectivity index (χ1v) is 14.4. The molecule has 0 radical (unpaired) electrons. The third kappa shape index (κ3) is 6.55. The van der Waals surface area contributed by atoms with Gasteiger partial charge < -0.3 is 10.2 Å². The Morgan fingerprint density at radius 1 is 0.868 bits per heavy atom. The van der Waals surface area contributed by atoms with Crippen molar-refractivity contribution in [3.63, 3.8) is 0 Å². The standard InChI is InChI=1S/C26H25Cl4N3O4S/c1-3-22(26(35)31-2)32(15-18-19(27)11-7-12-20(18)28)24(34)16-33(23-14-8-13-21(29)25(23)30)38(36,37)17-9-5-4-6-10-17/h4-14,22H,3,15-16H2,1-2H3,(H,31,35). The van der Waals surface area contributed by atoms with E-state index in [1.807, 2.05) is 0 Å². The fraction of sp³-hybridized carbons (Fsp3) is 0.231. The molecule has 12 heteroatoms. The predicted molar refractivity (Wildman–Crippen MR) is 153 cm³/mol. The van der Waals surface area contributed by atoms with Crippen LogP contribution in [0.4, 0.5) is 5.69 Å². The highest BCUT2D eigenvalue weighted by Gasteiger charge is 2.34. The van der Waals surface area contributed by atoms with Crippen molar-refractivity contribution in [1.29, 1.82) is 0 Å². The highest BCUT2D eigenvalue weighted by atomic mass is 35.5. The Kier molecular flexibility index (Phi) is 10.3. The molecule has 38 heavy (non-hydrogen) atoms. The number of carbonyl (C=O) groups is 2. The Morgan fingerprint density at radius 3 is 2.03 bits per heavy atom. The van der Waals surface area contributed by atoms with E-state index in [-0.39, 0.29) is 33.6 Å². The highest BCUT2D eigenvalue weighted by Crippen LogP contribution is 2.36. The lowest BCUT2D eigenvalue weighted by molar-refractivity contribution is -0.140. The molecule has 0 aliphatic carbocycles. The van der Waals surface area contributed by atoms with Crippen LogP contribution in [0.15, 0.2) is 71.6 Å². The van der Waals surface area contributed by atoms with E-state index in [0.717, 1.165) is 4.31 Å². The van der Waals surface area contributed by atoms with E-state index in [9.17, 15) is 18.0 Å². The molecule has 1 unspecified atom stereocenters. The lowest BCUT2D eigenvalue weighted by atomic mass is 10.1. The Bertz CT molecular complexity index is 1400. The smallest absolute Gasteiger partial charge is 0.264 e. The molecular weight excluding hydrogens is 592 g/mol. The van der Waals surface area contributed by atoms with Crippen molar-refractivity contribution in [2.24, 2.45) is 0 Å². The van der Waals surface area contributed by atoms with Crippen molar-refractivity contribution in [3.05, 3.63) is 92.4 Å². The SMILES string of the molecule is CCC(C(=O)NC)N(Cc1c(Cl)cccc1Cl)C(=O)CN(c1cccc(Cl)c1Cl)S(=O)(=O)c1ccccc1. The van der Waals surface area contributed by atoms with Gasteiger partial charge in [-0.05, 0) is 42.8 Å². The van der Waals surface area contributed by atoms with Crippen LogP contribution in [0.25, 0.3) is 0 Å². The number of benzene rings is 3. The summed E-state index contributed by atoms with van der Waals surface area (Å²) in [6.45, 7) is 0.930. The molecule has 0 saturated carbocycles. The third-order valence-electron chi connectivity index (χ3n) is 5.83. The zero-order chi connectivity index (χ0) is 28.0. The second-order valence-electron chi connectivity index (χ2n) is 8.16. The summed E-state index contributed by atoms with van der Waals surface area (Å²) in [6.07, 6.45) is 0.247. The second kappa shape index (κ2) is 13.0. The Hall–Kier alpha value is -2.49. The van der Waals surface area contributed by atoms with Crippen LogP contribution in [-0.4, -0.2) is 44.8 Å². The molecule has 3 aromatic carbocycles. The fourth-order valence-corrected chi connectivity index (χ4v) is 6.27. The number of rotatable bonds is 10. The molecule has 2 amide bonds. The molecule has 0 aromatic heterocycles. The van der Waals surface area contributed by atoms with Crippen LogP contribution in [0.3, 0.4) is 0 Å². The molecule has 1 atom stereocenters. The maximum Gasteiger partial charge on any atom is 0.264 e. The quantitative estimate of drug-likeness (QED) is 0.300. The number of halogens is 4. The monoisotopic (exact) mass is 615 g/mol. The van der Waals surface area contributed by atoms with Gasteiger partial charge in [-0.3, -0.25) is 13.9 Å². The van der Waals surface area contributed by atoms with Crippen LogP contribution in [-0.2, 0) is 26.2 Å². The summed E-state index contributed by atoms with van der Waals surface area (Å²) in [7, 11) is -2.83. The van der Waals surface area contributed by atoms with Crippen LogP contribution >= 0.6 is 46.4 Å². The molecule has 0 aliphatic heterocycles. The van der Waals surface area contributed by atoms with Crippen LogP contribution in [0.2, 0.25) is 20.1 Å². The van der Waals surface area contributed by atoms with Gasteiger partial charge in [0.05, 0.1) is 20.6 Å². The zero-order valence-electron chi connectivity index (χ0n) is 20.5. The van der Waals surface area contributed by atoms with Gasteiger partial charge in [0.1, 0.15) is 12.6 Å². The summed E-state index contributed by atoms with van der Waals surface area (Å²) in [5, 5.41) is 3.23. The number of carbonyl (C=O) groups excluding carboxylic acids is 2. The highest BCUT2D eigenvalue weighted by molar-refractivity contribution is 7.92. The molecule has 0 fully saturated rings. The summed E-state index contributed by atoms with van der Waals surface area (Å²) < 4.78 is 28.5. The number of hydrogen-bond donors (Lipinski definition) is 1. The van der Waals surface area contributed by atoms with Crippen LogP contribution < -0.4 is 9.62 Å². The topological polar surface area (TPSA) is 86.8 Å². The molecular formula is C26H25Cl4N3O4S. The third-order valence-corrected chi connectivity index (χ3v) is 9.12. The van der Waals surface area contributed by atoms with Crippen molar-refractivity contribution in [3.8, 4) is 0 Å². The van der Waals surface area contributed by atoms with Gasteiger partial charge >= 0.3 is 0 Å². The van der Waals surface area contributed by atoms with Crippen LogP contribution in [0.5, 0.6) is 0 Å².